The van der Waals surface area contributed by atoms with E-state index in [1.165, 1.54) is 6.42 Å². The summed E-state index contributed by atoms with van der Waals surface area (Å²) in [6, 6.07) is 0. The number of hydrogen-bond donors (Lipinski definition) is 1. The van der Waals surface area contributed by atoms with Crippen LogP contribution in [0.15, 0.2) is 9.85 Å². The fraction of sp³-hybridized carbons (Fsp3) is 0.667. The smallest absolute Gasteiger partial charge is 0.174 e. The quantitative estimate of drug-likeness (QED) is 0.558. The van der Waals surface area contributed by atoms with Crippen LogP contribution in [0.2, 0.25) is 0 Å². The zero-order chi connectivity index (χ0) is 7.94. The lowest BCUT2D eigenvalue weighted by molar-refractivity contribution is 0.777. The molecule has 0 spiro atoms. The van der Waals surface area contributed by atoms with Crippen molar-refractivity contribution in [3.8, 4) is 0 Å². The van der Waals surface area contributed by atoms with Gasteiger partial charge in [0.25, 0.3) is 0 Å². The third kappa shape index (κ3) is 3.69. The summed E-state index contributed by atoms with van der Waals surface area (Å²) in [5.41, 5.74) is 1.76. The van der Waals surface area contributed by atoms with Crippen molar-refractivity contribution in [3.05, 3.63) is 5.51 Å². The lowest BCUT2D eigenvalue weighted by Gasteiger charge is -1.95. The molecular weight excluding hydrogens is 178 g/mol. The molecule has 1 aromatic heterocycles. The first kappa shape index (κ1) is 8.96. The molecule has 0 aliphatic rings. The molecule has 0 bridgehead atoms. The van der Waals surface area contributed by atoms with E-state index in [2.05, 4.69) is 15.5 Å². The molecule has 1 aromatic rings. The normalized spacial score (nSPS) is 10.3. The van der Waals surface area contributed by atoms with Gasteiger partial charge in [-0.15, -0.1) is 10.2 Å². The molecule has 0 radical (unpaired) electrons. The lowest BCUT2D eigenvalue weighted by atomic mass is 10.5. The van der Waals surface area contributed by atoms with Crippen LogP contribution in [0, 0.1) is 0 Å². The van der Waals surface area contributed by atoms with Gasteiger partial charge in [-0.25, -0.2) is 0 Å². The zero-order valence-electron chi connectivity index (χ0n) is 6.41. The minimum absolute atomic E-state index is 1.07. The Balaban J connectivity index is 2.04. The molecule has 1 rings (SSSR count). The van der Waals surface area contributed by atoms with Crippen molar-refractivity contribution in [1.82, 2.24) is 15.5 Å². The van der Waals surface area contributed by atoms with Crippen LogP contribution in [0.25, 0.3) is 0 Å². The molecule has 0 amide bonds. The minimum Gasteiger partial charge on any atom is -0.320 e. The van der Waals surface area contributed by atoms with Crippen molar-refractivity contribution in [3.63, 3.8) is 0 Å². The average Bonchev–Trinajstić information content (AvgIpc) is 2.50. The van der Waals surface area contributed by atoms with Gasteiger partial charge in [0.1, 0.15) is 5.51 Å². The standard InChI is InChI=1S/C6H11N3S2/c1-7-3-2-4-10-6-9-8-5-11-6/h5,7H,2-4H2,1H3. The first-order chi connectivity index (χ1) is 5.43. The molecule has 0 unspecified atom stereocenters. The first-order valence-electron chi connectivity index (χ1n) is 3.47. The van der Waals surface area contributed by atoms with E-state index >= 15 is 0 Å². The molecule has 0 fully saturated rings. The molecule has 0 aliphatic carbocycles. The van der Waals surface area contributed by atoms with Crippen LogP contribution < -0.4 is 5.32 Å². The number of thioether (sulfide) groups is 1. The van der Waals surface area contributed by atoms with Gasteiger partial charge in [0.15, 0.2) is 4.34 Å². The van der Waals surface area contributed by atoms with Crippen molar-refractivity contribution in [2.75, 3.05) is 19.3 Å². The van der Waals surface area contributed by atoms with Crippen LogP contribution in [0.1, 0.15) is 6.42 Å². The minimum atomic E-state index is 1.07. The Morgan fingerprint density at radius 1 is 1.73 bits per heavy atom. The van der Waals surface area contributed by atoms with E-state index in [0.717, 1.165) is 16.6 Å². The van der Waals surface area contributed by atoms with E-state index in [0.29, 0.717) is 0 Å². The second kappa shape index (κ2) is 5.51. The van der Waals surface area contributed by atoms with Crippen molar-refractivity contribution in [2.24, 2.45) is 0 Å². The van der Waals surface area contributed by atoms with Gasteiger partial charge in [-0.05, 0) is 20.0 Å². The van der Waals surface area contributed by atoms with Gasteiger partial charge >= 0.3 is 0 Å². The lowest BCUT2D eigenvalue weighted by Crippen LogP contribution is -2.07. The highest BCUT2D eigenvalue weighted by Crippen LogP contribution is 2.18. The van der Waals surface area contributed by atoms with E-state index < -0.39 is 0 Å². The van der Waals surface area contributed by atoms with Crippen LogP contribution in [-0.4, -0.2) is 29.5 Å². The molecule has 5 heteroatoms. The topological polar surface area (TPSA) is 37.8 Å². The number of aromatic nitrogens is 2. The van der Waals surface area contributed by atoms with Gasteiger partial charge in [0, 0.05) is 5.75 Å². The Bertz CT molecular complexity index is 176. The summed E-state index contributed by atoms with van der Waals surface area (Å²) in [6.07, 6.45) is 1.18. The number of rotatable bonds is 5. The fourth-order valence-corrected chi connectivity index (χ4v) is 2.13. The van der Waals surface area contributed by atoms with Crippen LogP contribution >= 0.6 is 23.1 Å². The fourth-order valence-electron chi connectivity index (χ4n) is 0.634. The monoisotopic (exact) mass is 189 g/mol. The largest absolute Gasteiger partial charge is 0.320 e. The first-order valence-corrected chi connectivity index (χ1v) is 5.33. The molecule has 62 valence electrons. The highest BCUT2D eigenvalue weighted by atomic mass is 32.2. The molecule has 1 N–H and O–H groups in total. The van der Waals surface area contributed by atoms with E-state index in [9.17, 15) is 0 Å². The Morgan fingerprint density at radius 2 is 2.64 bits per heavy atom. The number of hydrogen-bond acceptors (Lipinski definition) is 5. The molecule has 0 aliphatic heterocycles. The third-order valence-electron chi connectivity index (χ3n) is 1.14. The van der Waals surface area contributed by atoms with Crippen molar-refractivity contribution in [2.45, 2.75) is 10.8 Å². The molecule has 1 heterocycles. The molecule has 0 saturated heterocycles. The van der Waals surface area contributed by atoms with Gasteiger partial charge in [-0.2, -0.15) is 0 Å². The molecular formula is C6H11N3S2. The van der Waals surface area contributed by atoms with E-state index in [-0.39, 0.29) is 0 Å². The second-order valence-electron chi connectivity index (χ2n) is 2.01. The van der Waals surface area contributed by atoms with Crippen LogP contribution in [-0.2, 0) is 0 Å². The summed E-state index contributed by atoms with van der Waals surface area (Å²) in [7, 11) is 1.97. The van der Waals surface area contributed by atoms with Crippen molar-refractivity contribution < 1.29 is 0 Å². The molecule has 0 saturated carbocycles. The predicted molar refractivity (Wildman–Crippen MR) is 49.2 cm³/mol. The predicted octanol–water partition coefficient (Wildman–Crippen LogP) is 1.24. The summed E-state index contributed by atoms with van der Waals surface area (Å²) in [5.74, 6) is 1.12. The van der Waals surface area contributed by atoms with E-state index in [1.54, 1.807) is 28.6 Å². The molecule has 3 nitrogen and oxygen atoms in total. The summed E-state index contributed by atoms with van der Waals surface area (Å²) in [6.45, 7) is 1.08. The van der Waals surface area contributed by atoms with Gasteiger partial charge in [-0.1, -0.05) is 23.1 Å². The maximum Gasteiger partial charge on any atom is 0.174 e. The zero-order valence-corrected chi connectivity index (χ0v) is 8.04. The maximum atomic E-state index is 3.92. The van der Waals surface area contributed by atoms with Crippen LogP contribution in [0.4, 0.5) is 0 Å². The Labute approximate surface area is 74.6 Å². The maximum absolute atomic E-state index is 3.92. The van der Waals surface area contributed by atoms with Gasteiger partial charge in [-0.3, -0.25) is 0 Å². The summed E-state index contributed by atoms with van der Waals surface area (Å²) in [5, 5.41) is 10.8. The van der Waals surface area contributed by atoms with Crippen LogP contribution in [0.3, 0.4) is 0 Å². The number of nitrogens with one attached hydrogen (secondary N) is 1. The Hall–Kier alpha value is -0.130. The number of nitrogens with zero attached hydrogens (tertiary/aromatic N) is 2. The Morgan fingerprint density at radius 3 is 3.27 bits per heavy atom. The van der Waals surface area contributed by atoms with E-state index in [1.807, 2.05) is 7.05 Å². The highest BCUT2D eigenvalue weighted by molar-refractivity contribution is 8.00. The summed E-state index contributed by atoms with van der Waals surface area (Å²) < 4.78 is 1.07. The van der Waals surface area contributed by atoms with Gasteiger partial charge < -0.3 is 5.32 Å². The van der Waals surface area contributed by atoms with Gasteiger partial charge in [0.2, 0.25) is 0 Å². The SMILES string of the molecule is CNCCCSc1nncs1. The van der Waals surface area contributed by atoms with Gasteiger partial charge in [0.05, 0.1) is 0 Å². The third-order valence-corrected chi connectivity index (χ3v) is 3.08. The molecule has 11 heavy (non-hydrogen) atoms. The molecule has 0 atom stereocenters. The highest BCUT2D eigenvalue weighted by Gasteiger charge is 1.95. The second-order valence-corrected chi connectivity index (χ2v) is 4.19. The Kier molecular flexibility index (Phi) is 4.49. The molecule has 0 aromatic carbocycles. The van der Waals surface area contributed by atoms with Crippen molar-refractivity contribution in [1.29, 1.82) is 0 Å². The van der Waals surface area contributed by atoms with Crippen molar-refractivity contribution >= 4 is 23.1 Å². The average molecular weight is 189 g/mol. The summed E-state index contributed by atoms with van der Waals surface area (Å²) in [4.78, 5) is 0. The summed E-state index contributed by atoms with van der Waals surface area (Å²) >= 11 is 3.37. The van der Waals surface area contributed by atoms with E-state index in [4.69, 9.17) is 0 Å². The van der Waals surface area contributed by atoms with Crippen LogP contribution in [0.5, 0.6) is 0 Å².